The number of hydrogen-bond acceptors (Lipinski definition) is 3. The highest BCUT2D eigenvalue weighted by Crippen LogP contribution is 2.26. The summed E-state index contributed by atoms with van der Waals surface area (Å²) in [5.74, 6) is -1.74. The summed E-state index contributed by atoms with van der Waals surface area (Å²) in [7, 11) is 0. The van der Waals surface area contributed by atoms with Crippen molar-refractivity contribution in [1.29, 1.82) is 5.26 Å². The first kappa shape index (κ1) is 19.4. The van der Waals surface area contributed by atoms with Crippen molar-refractivity contribution in [2.45, 2.75) is 40.7 Å². The van der Waals surface area contributed by atoms with Crippen molar-refractivity contribution in [3.63, 3.8) is 0 Å². The summed E-state index contributed by atoms with van der Waals surface area (Å²) < 4.78 is 29.4. The van der Waals surface area contributed by atoms with Crippen molar-refractivity contribution in [3.8, 4) is 17.3 Å². The summed E-state index contributed by atoms with van der Waals surface area (Å²) in [5.41, 5.74) is 1.00. The van der Waals surface area contributed by atoms with Crippen LogP contribution in [0.5, 0.6) is 0 Å². The summed E-state index contributed by atoms with van der Waals surface area (Å²) in [6.45, 7) is 7.32. The zero-order valence-corrected chi connectivity index (χ0v) is 15.2. The van der Waals surface area contributed by atoms with Gasteiger partial charge in [-0.05, 0) is 25.0 Å². The van der Waals surface area contributed by atoms with Gasteiger partial charge in [0.1, 0.15) is 17.7 Å². The molecule has 1 atom stereocenters. The average Bonchev–Trinajstić information content (AvgIpc) is 2.57. The van der Waals surface area contributed by atoms with E-state index in [0.29, 0.717) is 17.9 Å². The molecule has 0 aliphatic carbocycles. The highest BCUT2D eigenvalue weighted by atomic mass is 19.1. The van der Waals surface area contributed by atoms with Crippen LogP contribution in [0.4, 0.5) is 8.78 Å². The summed E-state index contributed by atoms with van der Waals surface area (Å²) in [5, 5.41) is 9.40. The topological polar surface area (TPSA) is 71.0 Å². The lowest BCUT2D eigenvalue weighted by Gasteiger charge is -2.20. The fourth-order valence-electron chi connectivity index (χ4n) is 2.68. The molecule has 0 aliphatic heterocycles. The van der Waals surface area contributed by atoms with Crippen LogP contribution in [0.25, 0.3) is 11.3 Å². The van der Waals surface area contributed by atoms with Gasteiger partial charge in [0.05, 0.1) is 11.4 Å². The molecule has 1 aromatic carbocycles. The fraction of sp³-hybridized carbons (Fsp3) is 0.368. The summed E-state index contributed by atoms with van der Waals surface area (Å²) in [4.78, 5) is 19.7. The SMILES string of the molecule is CCC(C)Cn1c(-c2ccc(F)cc2F)c(C)nc(C#N)c1=NC(C)=O. The highest BCUT2D eigenvalue weighted by Gasteiger charge is 2.19. The number of aromatic nitrogens is 2. The van der Waals surface area contributed by atoms with E-state index in [0.717, 1.165) is 18.6 Å². The van der Waals surface area contributed by atoms with Crippen molar-refractivity contribution < 1.29 is 13.6 Å². The van der Waals surface area contributed by atoms with Crippen LogP contribution in [0.1, 0.15) is 38.6 Å². The Kier molecular flexibility index (Phi) is 5.98. The van der Waals surface area contributed by atoms with Crippen molar-refractivity contribution in [2.75, 3.05) is 0 Å². The quantitative estimate of drug-likeness (QED) is 0.840. The average molecular weight is 358 g/mol. The van der Waals surface area contributed by atoms with Gasteiger partial charge in [0.2, 0.25) is 5.91 Å². The van der Waals surface area contributed by atoms with Crippen LogP contribution in [0.3, 0.4) is 0 Å². The number of nitrogens with zero attached hydrogens (tertiary/aromatic N) is 4. The molecule has 0 saturated heterocycles. The van der Waals surface area contributed by atoms with Crippen LogP contribution in [0.15, 0.2) is 23.2 Å². The van der Waals surface area contributed by atoms with Crippen molar-refractivity contribution in [1.82, 2.24) is 9.55 Å². The molecule has 0 N–H and O–H groups in total. The first-order chi connectivity index (χ1) is 12.3. The lowest BCUT2D eigenvalue weighted by atomic mass is 10.1. The first-order valence-electron chi connectivity index (χ1n) is 8.30. The Morgan fingerprint density at radius 2 is 2.12 bits per heavy atom. The Balaban J connectivity index is 2.94. The fourth-order valence-corrected chi connectivity index (χ4v) is 2.68. The Morgan fingerprint density at radius 1 is 1.42 bits per heavy atom. The van der Waals surface area contributed by atoms with E-state index in [1.807, 2.05) is 19.9 Å². The number of amides is 1. The number of carbonyl (C=O) groups excluding carboxylic acids is 1. The number of nitriles is 1. The van der Waals surface area contributed by atoms with Gasteiger partial charge in [0.25, 0.3) is 0 Å². The lowest BCUT2D eigenvalue weighted by molar-refractivity contribution is -0.116. The van der Waals surface area contributed by atoms with Gasteiger partial charge in [-0.2, -0.15) is 10.3 Å². The standard InChI is InChI=1S/C19H20F2N4O/c1-5-11(2)10-25-18(15-7-6-14(20)8-16(15)21)12(3)23-17(9-22)19(25)24-13(4)26/h6-8,11H,5,10H2,1-4H3. The maximum absolute atomic E-state index is 14.4. The zero-order valence-electron chi connectivity index (χ0n) is 15.2. The first-order valence-corrected chi connectivity index (χ1v) is 8.30. The van der Waals surface area contributed by atoms with Crippen LogP contribution < -0.4 is 5.49 Å². The summed E-state index contributed by atoms with van der Waals surface area (Å²) >= 11 is 0. The Hall–Kier alpha value is -2.88. The monoisotopic (exact) mass is 358 g/mol. The molecular formula is C19H20F2N4O. The maximum Gasteiger partial charge on any atom is 0.244 e. The van der Waals surface area contributed by atoms with E-state index in [4.69, 9.17) is 0 Å². The van der Waals surface area contributed by atoms with E-state index in [1.165, 1.54) is 13.0 Å². The molecule has 0 bridgehead atoms. The molecule has 7 heteroatoms. The number of hydrogen-bond donors (Lipinski definition) is 0. The van der Waals surface area contributed by atoms with E-state index in [-0.39, 0.29) is 22.7 Å². The van der Waals surface area contributed by atoms with Gasteiger partial charge in [-0.1, -0.05) is 20.3 Å². The molecule has 1 unspecified atom stereocenters. The van der Waals surface area contributed by atoms with E-state index < -0.39 is 17.5 Å². The van der Waals surface area contributed by atoms with Crippen molar-refractivity contribution in [3.05, 3.63) is 46.7 Å². The summed E-state index contributed by atoms with van der Waals surface area (Å²) in [6, 6.07) is 5.22. The summed E-state index contributed by atoms with van der Waals surface area (Å²) in [6.07, 6.45) is 0.834. The van der Waals surface area contributed by atoms with Crippen LogP contribution in [0.2, 0.25) is 0 Å². The molecule has 1 amide bonds. The highest BCUT2D eigenvalue weighted by molar-refractivity contribution is 5.74. The molecule has 0 saturated carbocycles. The molecular weight excluding hydrogens is 338 g/mol. The van der Waals surface area contributed by atoms with Gasteiger partial charge in [-0.25, -0.2) is 13.8 Å². The third-order valence-electron chi connectivity index (χ3n) is 4.11. The predicted octanol–water partition coefficient (Wildman–Crippen LogP) is 3.50. The third kappa shape index (κ3) is 4.02. The molecule has 0 fully saturated rings. The van der Waals surface area contributed by atoms with Gasteiger partial charge >= 0.3 is 0 Å². The lowest BCUT2D eigenvalue weighted by Crippen LogP contribution is -2.31. The second kappa shape index (κ2) is 8.00. The second-order valence-corrected chi connectivity index (χ2v) is 6.21. The Bertz CT molecular complexity index is 957. The normalized spacial score (nSPS) is 12.7. The minimum absolute atomic E-state index is 0.00715. The molecule has 1 heterocycles. The second-order valence-electron chi connectivity index (χ2n) is 6.21. The zero-order chi connectivity index (χ0) is 19.4. The van der Waals surface area contributed by atoms with Gasteiger partial charge in [0, 0.05) is 25.1 Å². The molecule has 0 aliphatic rings. The molecule has 136 valence electrons. The molecule has 1 aromatic heterocycles. The number of aryl methyl sites for hydroxylation is 1. The Labute approximate surface area is 150 Å². The molecule has 0 radical (unpaired) electrons. The van der Waals surface area contributed by atoms with Crippen LogP contribution in [-0.4, -0.2) is 15.5 Å². The van der Waals surface area contributed by atoms with Crippen molar-refractivity contribution >= 4 is 5.91 Å². The van der Waals surface area contributed by atoms with Crippen LogP contribution >= 0.6 is 0 Å². The van der Waals surface area contributed by atoms with E-state index >= 15 is 0 Å². The molecule has 0 spiro atoms. The molecule has 2 aromatic rings. The van der Waals surface area contributed by atoms with Crippen LogP contribution in [-0.2, 0) is 11.3 Å². The minimum Gasteiger partial charge on any atom is -0.321 e. The molecule has 5 nitrogen and oxygen atoms in total. The minimum atomic E-state index is -0.744. The van der Waals surface area contributed by atoms with Gasteiger partial charge in [-0.15, -0.1) is 0 Å². The molecule has 26 heavy (non-hydrogen) atoms. The number of carbonyl (C=O) groups is 1. The molecule has 2 rings (SSSR count). The van der Waals surface area contributed by atoms with Gasteiger partial charge in [-0.3, -0.25) is 4.79 Å². The maximum atomic E-state index is 14.4. The van der Waals surface area contributed by atoms with Crippen molar-refractivity contribution in [2.24, 2.45) is 10.9 Å². The van der Waals surface area contributed by atoms with E-state index in [9.17, 15) is 18.8 Å². The predicted molar refractivity (Wildman–Crippen MR) is 92.7 cm³/mol. The number of rotatable bonds is 4. The largest absolute Gasteiger partial charge is 0.321 e. The smallest absolute Gasteiger partial charge is 0.244 e. The third-order valence-corrected chi connectivity index (χ3v) is 4.11. The van der Waals surface area contributed by atoms with E-state index in [2.05, 4.69) is 9.98 Å². The van der Waals surface area contributed by atoms with E-state index in [1.54, 1.807) is 11.5 Å². The van der Waals surface area contributed by atoms with Gasteiger partial charge in [0.15, 0.2) is 11.2 Å². The van der Waals surface area contributed by atoms with Crippen LogP contribution in [0, 0.1) is 35.8 Å². The number of halogens is 2. The number of benzene rings is 1. The van der Waals surface area contributed by atoms with Gasteiger partial charge < -0.3 is 4.57 Å². The Morgan fingerprint density at radius 3 is 2.65 bits per heavy atom.